The van der Waals surface area contributed by atoms with Gasteiger partial charge in [0.15, 0.2) is 0 Å². The van der Waals surface area contributed by atoms with E-state index >= 15 is 0 Å². The van der Waals surface area contributed by atoms with Gasteiger partial charge in [-0.15, -0.1) is 0 Å². The summed E-state index contributed by atoms with van der Waals surface area (Å²) in [5.41, 5.74) is 7.21. The zero-order valence-corrected chi connectivity index (χ0v) is 12.3. The largest absolute Gasteiger partial charge is 0.326 e. The van der Waals surface area contributed by atoms with Crippen molar-refractivity contribution in [3.8, 4) is 0 Å². The van der Waals surface area contributed by atoms with Crippen molar-refractivity contribution >= 4 is 15.7 Å². The van der Waals surface area contributed by atoms with Gasteiger partial charge in [-0.2, -0.15) is 0 Å². The van der Waals surface area contributed by atoms with Crippen LogP contribution in [0.3, 0.4) is 0 Å². The molecule has 0 aliphatic rings. The van der Waals surface area contributed by atoms with Crippen LogP contribution in [0.15, 0.2) is 24.3 Å². The minimum absolute atomic E-state index is 0.418. The Kier molecular flexibility index (Phi) is 4.40. The Balaban J connectivity index is 3.18. The van der Waals surface area contributed by atoms with Gasteiger partial charge in [-0.05, 0) is 45.4 Å². The van der Waals surface area contributed by atoms with Crippen LogP contribution in [0.25, 0.3) is 0 Å². The molecule has 102 valence electrons. The number of hydrogen-bond acceptors (Lipinski definition) is 3. The molecule has 1 rings (SSSR count). The van der Waals surface area contributed by atoms with Crippen molar-refractivity contribution in [3.05, 3.63) is 29.8 Å². The zero-order valence-electron chi connectivity index (χ0n) is 11.5. The number of benzene rings is 1. The number of sulfonamides is 1. The molecule has 0 heterocycles. The zero-order chi connectivity index (χ0) is 14.0. The fraction of sp³-hybridized carbons (Fsp3) is 0.538. The molecule has 0 bridgehead atoms. The molecule has 0 amide bonds. The van der Waals surface area contributed by atoms with Crippen LogP contribution in [0.2, 0.25) is 0 Å². The SMILES string of the molecule is CCN(c1ccc(CN)cc1)S(=O)(=O)C(C)(C)C. The third kappa shape index (κ3) is 2.84. The summed E-state index contributed by atoms with van der Waals surface area (Å²) in [6.45, 7) is 7.83. The summed E-state index contributed by atoms with van der Waals surface area (Å²) < 4.78 is 25.5. The molecule has 18 heavy (non-hydrogen) atoms. The van der Waals surface area contributed by atoms with Crippen LogP contribution in [0.4, 0.5) is 5.69 Å². The first-order chi connectivity index (χ1) is 8.24. The molecular weight excluding hydrogens is 248 g/mol. The molecule has 1 aromatic carbocycles. The van der Waals surface area contributed by atoms with Crippen LogP contribution in [0, 0.1) is 0 Å². The van der Waals surface area contributed by atoms with Crippen molar-refractivity contribution in [1.29, 1.82) is 0 Å². The topological polar surface area (TPSA) is 63.4 Å². The summed E-state index contributed by atoms with van der Waals surface area (Å²) in [6.07, 6.45) is 0. The molecule has 0 atom stereocenters. The molecule has 4 nitrogen and oxygen atoms in total. The lowest BCUT2D eigenvalue weighted by molar-refractivity contribution is 0.556. The summed E-state index contributed by atoms with van der Waals surface area (Å²) in [4.78, 5) is 0. The predicted molar refractivity (Wildman–Crippen MR) is 76.0 cm³/mol. The summed E-state index contributed by atoms with van der Waals surface area (Å²) in [5, 5.41) is 0. The number of nitrogens with two attached hydrogens (primary N) is 1. The predicted octanol–water partition coefficient (Wildman–Crippen LogP) is 2.10. The molecule has 0 saturated heterocycles. The first kappa shape index (κ1) is 15.0. The number of hydrogen-bond donors (Lipinski definition) is 1. The van der Waals surface area contributed by atoms with E-state index in [-0.39, 0.29) is 0 Å². The maximum atomic E-state index is 12.4. The van der Waals surface area contributed by atoms with E-state index in [9.17, 15) is 8.42 Å². The highest BCUT2D eigenvalue weighted by atomic mass is 32.2. The molecule has 2 N–H and O–H groups in total. The Morgan fingerprint density at radius 1 is 1.17 bits per heavy atom. The van der Waals surface area contributed by atoms with E-state index in [0.717, 1.165) is 5.56 Å². The van der Waals surface area contributed by atoms with Gasteiger partial charge >= 0.3 is 0 Å². The Hall–Kier alpha value is -1.07. The lowest BCUT2D eigenvalue weighted by Crippen LogP contribution is -2.43. The van der Waals surface area contributed by atoms with Crippen molar-refractivity contribution < 1.29 is 8.42 Å². The lowest BCUT2D eigenvalue weighted by Gasteiger charge is -2.30. The van der Waals surface area contributed by atoms with E-state index in [1.807, 2.05) is 19.1 Å². The maximum Gasteiger partial charge on any atom is 0.240 e. The Labute approximate surface area is 110 Å². The number of nitrogens with zero attached hydrogens (tertiary/aromatic N) is 1. The quantitative estimate of drug-likeness (QED) is 0.911. The minimum atomic E-state index is -3.36. The van der Waals surface area contributed by atoms with Crippen LogP contribution >= 0.6 is 0 Å². The van der Waals surface area contributed by atoms with Gasteiger partial charge in [0.1, 0.15) is 0 Å². The average molecular weight is 270 g/mol. The van der Waals surface area contributed by atoms with Crippen LogP contribution in [0.5, 0.6) is 0 Å². The van der Waals surface area contributed by atoms with Crippen molar-refractivity contribution in [2.45, 2.75) is 39.0 Å². The minimum Gasteiger partial charge on any atom is -0.326 e. The normalized spacial score (nSPS) is 12.5. The van der Waals surface area contributed by atoms with Crippen molar-refractivity contribution in [2.75, 3.05) is 10.8 Å². The molecule has 0 saturated carbocycles. The van der Waals surface area contributed by atoms with Gasteiger partial charge in [0.25, 0.3) is 0 Å². The Bertz CT molecular complexity index is 487. The Morgan fingerprint density at radius 3 is 2.00 bits per heavy atom. The smallest absolute Gasteiger partial charge is 0.240 e. The fourth-order valence-corrected chi connectivity index (χ4v) is 3.02. The summed E-state index contributed by atoms with van der Waals surface area (Å²) in [6, 6.07) is 7.32. The van der Waals surface area contributed by atoms with Gasteiger partial charge in [0, 0.05) is 13.1 Å². The first-order valence-electron chi connectivity index (χ1n) is 6.05. The third-order valence-corrected chi connectivity index (χ3v) is 5.41. The lowest BCUT2D eigenvalue weighted by atomic mass is 10.2. The van der Waals surface area contributed by atoms with Gasteiger partial charge in [-0.3, -0.25) is 4.31 Å². The van der Waals surface area contributed by atoms with E-state index < -0.39 is 14.8 Å². The summed E-state index contributed by atoms with van der Waals surface area (Å²) >= 11 is 0. The van der Waals surface area contributed by atoms with Crippen LogP contribution in [-0.2, 0) is 16.6 Å². The second-order valence-electron chi connectivity index (χ2n) is 5.15. The van der Waals surface area contributed by atoms with Crippen LogP contribution in [0.1, 0.15) is 33.3 Å². The van der Waals surface area contributed by atoms with E-state index in [1.54, 1.807) is 32.9 Å². The van der Waals surface area contributed by atoms with E-state index in [0.29, 0.717) is 18.8 Å². The van der Waals surface area contributed by atoms with Gasteiger partial charge < -0.3 is 5.73 Å². The fourth-order valence-electron chi connectivity index (χ4n) is 1.62. The van der Waals surface area contributed by atoms with Gasteiger partial charge in [-0.1, -0.05) is 12.1 Å². The molecule has 0 fully saturated rings. The molecule has 0 unspecified atom stereocenters. The maximum absolute atomic E-state index is 12.4. The molecule has 0 aliphatic heterocycles. The summed E-state index contributed by atoms with van der Waals surface area (Å²) in [5.74, 6) is 0. The van der Waals surface area contributed by atoms with Crippen molar-refractivity contribution in [2.24, 2.45) is 5.73 Å². The van der Waals surface area contributed by atoms with E-state index in [2.05, 4.69) is 0 Å². The number of anilines is 1. The molecule has 0 aromatic heterocycles. The number of rotatable bonds is 4. The molecular formula is C13H22N2O2S. The highest BCUT2D eigenvalue weighted by Gasteiger charge is 2.34. The van der Waals surface area contributed by atoms with E-state index in [4.69, 9.17) is 5.73 Å². The van der Waals surface area contributed by atoms with Crippen molar-refractivity contribution in [3.63, 3.8) is 0 Å². The standard InChI is InChI=1S/C13H22N2O2S/c1-5-15(18(16,17)13(2,3)4)12-8-6-11(10-14)7-9-12/h6-9H,5,10,14H2,1-4H3. The van der Waals surface area contributed by atoms with E-state index in [1.165, 1.54) is 4.31 Å². The monoisotopic (exact) mass is 270 g/mol. The van der Waals surface area contributed by atoms with Crippen LogP contribution < -0.4 is 10.0 Å². The molecule has 0 aliphatic carbocycles. The average Bonchev–Trinajstić information content (AvgIpc) is 2.29. The van der Waals surface area contributed by atoms with Gasteiger partial charge in [-0.25, -0.2) is 8.42 Å². The van der Waals surface area contributed by atoms with Gasteiger partial charge in [0.2, 0.25) is 10.0 Å². The second kappa shape index (κ2) is 5.28. The highest BCUT2D eigenvalue weighted by Crippen LogP contribution is 2.26. The van der Waals surface area contributed by atoms with Crippen molar-refractivity contribution in [1.82, 2.24) is 0 Å². The second-order valence-corrected chi connectivity index (χ2v) is 7.77. The molecule has 0 spiro atoms. The summed E-state index contributed by atoms with van der Waals surface area (Å²) in [7, 11) is -3.36. The Morgan fingerprint density at radius 2 is 1.67 bits per heavy atom. The third-order valence-electron chi connectivity index (χ3n) is 2.81. The van der Waals surface area contributed by atoms with Crippen LogP contribution in [-0.4, -0.2) is 19.7 Å². The molecule has 1 aromatic rings. The molecule has 5 heteroatoms. The first-order valence-corrected chi connectivity index (χ1v) is 7.49. The molecule has 0 radical (unpaired) electrons. The van der Waals surface area contributed by atoms with Gasteiger partial charge in [0.05, 0.1) is 10.4 Å². The highest BCUT2D eigenvalue weighted by molar-refractivity contribution is 7.94.